The molecule has 0 aliphatic rings. The van der Waals surface area contributed by atoms with Crippen molar-refractivity contribution in [2.24, 2.45) is 5.73 Å². The van der Waals surface area contributed by atoms with Crippen molar-refractivity contribution in [3.8, 4) is 0 Å². The van der Waals surface area contributed by atoms with Crippen molar-refractivity contribution in [3.63, 3.8) is 0 Å². The highest BCUT2D eigenvalue weighted by Gasteiger charge is 2.01. The molecule has 58 valence electrons. The molecule has 0 radical (unpaired) electrons. The van der Waals surface area contributed by atoms with E-state index in [4.69, 9.17) is 5.73 Å². The maximum absolute atomic E-state index is 11.0. The van der Waals surface area contributed by atoms with Gasteiger partial charge in [0.2, 0.25) is 0 Å². The van der Waals surface area contributed by atoms with Crippen molar-refractivity contribution in [3.05, 3.63) is 33.4 Å². The van der Waals surface area contributed by atoms with Crippen molar-refractivity contribution in [2.45, 2.75) is 0 Å². The van der Waals surface area contributed by atoms with E-state index in [9.17, 15) is 4.79 Å². The Morgan fingerprint density at radius 3 is 2.82 bits per heavy atom. The number of carbonyl (C=O) groups excluding carboxylic acids is 1. The smallest absolute Gasteiger partial charge is 0.176 e. The van der Waals surface area contributed by atoms with Gasteiger partial charge in [-0.2, -0.15) is 0 Å². The predicted octanol–water partition coefficient (Wildman–Crippen LogP) is 1.43. The molecule has 2 nitrogen and oxygen atoms in total. The van der Waals surface area contributed by atoms with Crippen LogP contribution >= 0.6 is 22.6 Å². The molecular weight excluding hydrogens is 253 g/mol. The van der Waals surface area contributed by atoms with Crippen LogP contribution in [0.15, 0.2) is 24.3 Å². The Kier molecular flexibility index (Phi) is 3.02. The zero-order valence-corrected chi connectivity index (χ0v) is 8.04. The predicted molar refractivity (Wildman–Crippen MR) is 52.5 cm³/mol. The van der Waals surface area contributed by atoms with Gasteiger partial charge in [0.15, 0.2) is 5.78 Å². The fourth-order valence-corrected chi connectivity index (χ4v) is 1.32. The molecule has 0 saturated heterocycles. The fourth-order valence-electron chi connectivity index (χ4n) is 0.780. The third kappa shape index (κ3) is 2.27. The summed E-state index contributed by atoms with van der Waals surface area (Å²) < 4.78 is 1.06. The van der Waals surface area contributed by atoms with Gasteiger partial charge in [-0.25, -0.2) is 0 Å². The van der Waals surface area contributed by atoms with Gasteiger partial charge in [0.1, 0.15) is 0 Å². The molecule has 3 heteroatoms. The number of Topliss-reactive ketones (excluding diaryl/α,β-unsaturated/α-hetero) is 1. The first-order valence-corrected chi connectivity index (χ1v) is 4.31. The zero-order chi connectivity index (χ0) is 8.27. The molecule has 0 saturated carbocycles. The van der Waals surface area contributed by atoms with E-state index in [1.807, 2.05) is 18.2 Å². The molecule has 2 N–H and O–H groups in total. The first-order valence-electron chi connectivity index (χ1n) is 3.23. The van der Waals surface area contributed by atoms with E-state index in [1.54, 1.807) is 6.07 Å². The number of carbonyl (C=O) groups is 1. The summed E-state index contributed by atoms with van der Waals surface area (Å²) >= 11 is 2.16. The average Bonchev–Trinajstić information content (AvgIpc) is 2.03. The molecule has 0 bridgehead atoms. The van der Waals surface area contributed by atoms with Gasteiger partial charge in [0.05, 0.1) is 6.54 Å². The Balaban J connectivity index is 2.96. The summed E-state index contributed by atoms with van der Waals surface area (Å²) in [5.41, 5.74) is 5.90. The van der Waals surface area contributed by atoms with Gasteiger partial charge in [-0.3, -0.25) is 4.79 Å². The number of halogens is 1. The lowest BCUT2D eigenvalue weighted by Gasteiger charge is -1.96. The zero-order valence-electron chi connectivity index (χ0n) is 5.88. The minimum Gasteiger partial charge on any atom is -0.324 e. The Labute approximate surface area is 78.9 Å². The number of hydrogen-bond donors (Lipinski definition) is 1. The number of nitrogens with two attached hydrogens (primary N) is 1. The molecule has 0 atom stereocenters. The van der Waals surface area contributed by atoms with Crippen LogP contribution in [-0.2, 0) is 0 Å². The maximum atomic E-state index is 11.0. The lowest BCUT2D eigenvalue weighted by Crippen LogP contribution is -2.13. The SMILES string of the molecule is NCC(=O)c1cccc(I)c1. The van der Waals surface area contributed by atoms with Crippen LogP contribution in [0.25, 0.3) is 0 Å². The van der Waals surface area contributed by atoms with Gasteiger partial charge in [-0.05, 0) is 34.7 Å². The Bertz CT molecular complexity index is 273. The second kappa shape index (κ2) is 3.82. The van der Waals surface area contributed by atoms with Gasteiger partial charge in [0, 0.05) is 9.13 Å². The topological polar surface area (TPSA) is 43.1 Å². The van der Waals surface area contributed by atoms with Crippen LogP contribution in [0.5, 0.6) is 0 Å². The third-order valence-electron chi connectivity index (χ3n) is 1.33. The monoisotopic (exact) mass is 261 g/mol. The molecule has 0 unspecified atom stereocenters. The maximum Gasteiger partial charge on any atom is 0.176 e. The summed E-state index contributed by atoms with van der Waals surface area (Å²) in [4.78, 5) is 11.0. The molecule has 0 amide bonds. The van der Waals surface area contributed by atoms with Gasteiger partial charge >= 0.3 is 0 Å². The second-order valence-electron chi connectivity index (χ2n) is 2.14. The van der Waals surface area contributed by atoms with Crippen molar-refractivity contribution in [1.29, 1.82) is 0 Å². The number of benzene rings is 1. The molecule has 0 fully saturated rings. The molecule has 0 heterocycles. The summed E-state index contributed by atoms with van der Waals surface area (Å²) in [5, 5.41) is 0. The first kappa shape index (κ1) is 8.67. The standard InChI is InChI=1S/C8H8INO/c9-7-3-1-2-6(4-7)8(11)5-10/h1-4H,5,10H2. The normalized spacial score (nSPS) is 9.64. The largest absolute Gasteiger partial charge is 0.324 e. The van der Waals surface area contributed by atoms with E-state index >= 15 is 0 Å². The van der Waals surface area contributed by atoms with E-state index < -0.39 is 0 Å². The summed E-state index contributed by atoms with van der Waals surface area (Å²) in [6, 6.07) is 7.39. The third-order valence-corrected chi connectivity index (χ3v) is 2.00. The van der Waals surface area contributed by atoms with Crippen molar-refractivity contribution in [1.82, 2.24) is 0 Å². The number of hydrogen-bond acceptors (Lipinski definition) is 2. The van der Waals surface area contributed by atoms with Crippen LogP contribution in [0.2, 0.25) is 0 Å². The molecular formula is C8H8INO. The summed E-state index contributed by atoms with van der Waals surface area (Å²) in [5.74, 6) is -0.0106. The highest BCUT2D eigenvalue weighted by atomic mass is 127. The molecule has 0 spiro atoms. The highest BCUT2D eigenvalue weighted by molar-refractivity contribution is 14.1. The molecule has 11 heavy (non-hydrogen) atoms. The Hall–Kier alpha value is -0.420. The lowest BCUT2D eigenvalue weighted by atomic mass is 10.1. The van der Waals surface area contributed by atoms with Gasteiger partial charge in [-0.1, -0.05) is 12.1 Å². The lowest BCUT2D eigenvalue weighted by molar-refractivity contribution is 0.100. The summed E-state index contributed by atoms with van der Waals surface area (Å²) in [6.45, 7) is 0.0834. The van der Waals surface area contributed by atoms with Gasteiger partial charge in [-0.15, -0.1) is 0 Å². The van der Waals surface area contributed by atoms with Crippen LogP contribution in [0.3, 0.4) is 0 Å². The minimum atomic E-state index is -0.0106. The molecule has 0 aromatic heterocycles. The van der Waals surface area contributed by atoms with Crippen LogP contribution in [-0.4, -0.2) is 12.3 Å². The van der Waals surface area contributed by atoms with Crippen LogP contribution in [0.4, 0.5) is 0 Å². The Morgan fingerprint density at radius 1 is 1.55 bits per heavy atom. The average molecular weight is 261 g/mol. The van der Waals surface area contributed by atoms with Crippen molar-refractivity contribution < 1.29 is 4.79 Å². The molecule has 0 aliphatic carbocycles. The van der Waals surface area contributed by atoms with E-state index in [1.165, 1.54) is 0 Å². The van der Waals surface area contributed by atoms with Gasteiger partial charge < -0.3 is 5.73 Å². The van der Waals surface area contributed by atoms with E-state index in [0.717, 1.165) is 3.57 Å². The second-order valence-corrected chi connectivity index (χ2v) is 3.38. The molecule has 0 aliphatic heterocycles. The summed E-state index contributed by atoms with van der Waals surface area (Å²) in [6.07, 6.45) is 0. The van der Waals surface area contributed by atoms with Crippen LogP contribution in [0.1, 0.15) is 10.4 Å². The van der Waals surface area contributed by atoms with E-state index in [-0.39, 0.29) is 12.3 Å². The van der Waals surface area contributed by atoms with E-state index in [2.05, 4.69) is 22.6 Å². The van der Waals surface area contributed by atoms with Crippen molar-refractivity contribution >= 4 is 28.4 Å². The van der Waals surface area contributed by atoms with Crippen LogP contribution < -0.4 is 5.73 Å². The van der Waals surface area contributed by atoms with Crippen LogP contribution in [0, 0.1) is 3.57 Å². The molecule has 1 rings (SSSR count). The quantitative estimate of drug-likeness (QED) is 0.646. The van der Waals surface area contributed by atoms with Crippen molar-refractivity contribution in [2.75, 3.05) is 6.54 Å². The summed E-state index contributed by atoms with van der Waals surface area (Å²) in [7, 11) is 0. The molecule has 1 aromatic rings. The van der Waals surface area contributed by atoms with Gasteiger partial charge in [0.25, 0.3) is 0 Å². The van der Waals surface area contributed by atoms with E-state index in [0.29, 0.717) is 5.56 Å². The highest BCUT2D eigenvalue weighted by Crippen LogP contribution is 2.07. The number of ketones is 1. The Morgan fingerprint density at radius 2 is 2.27 bits per heavy atom. The fraction of sp³-hybridized carbons (Fsp3) is 0.125. The molecule has 1 aromatic carbocycles. The minimum absolute atomic E-state index is 0.0106. The first-order chi connectivity index (χ1) is 5.24. The number of rotatable bonds is 2.